The summed E-state index contributed by atoms with van der Waals surface area (Å²) < 4.78 is 26.4. The first-order chi connectivity index (χ1) is 13.4. The third kappa shape index (κ3) is 5.67. The molecule has 0 unspecified atom stereocenters. The number of carbonyl (C=O) groups excluding carboxylic acids is 1. The highest BCUT2D eigenvalue weighted by atomic mass is 35.5. The lowest BCUT2D eigenvalue weighted by Gasteiger charge is -2.29. The van der Waals surface area contributed by atoms with Crippen LogP contribution in [0.15, 0.2) is 60.0 Å². The molecule has 2 aromatic carbocycles. The average Bonchev–Trinajstić information content (AvgIpc) is 2.71. The van der Waals surface area contributed by atoms with Crippen molar-refractivity contribution < 1.29 is 13.2 Å². The summed E-state index contributed by atoms with van der Waals surface area (Å²) in [6.45, 7) is 1.10. The van der Waals surface area contributed by atoms with Gasteiger partial charge in [-0.05, 0) is 42.2 Å². The molecule has 1 fully saturated rings. The number of nitrogens with zero attached hydrogens (tertiary/aromatic N) is 1. The van der Waals surface area contributed by atoms with Gasteiger partial charge in [0.25, 0.3) is 0 Å². The van der Waals surface area contributed by atoms with Crippen LogP contribution in [0.5, 0.6) is 0 Å². The molecule has 1 aliphatic heterocycles. The second kappa shape index (κ2) is 9.37. The van der Waals surface area contributed by atoms with Crippen molar-refractivity contribution in [1.82, 2.24) is 9.62 Å². The van der Waals surface area contributed by atoms with Crippen molar-refractivity contribution in [3.8, 4) is 0 Å². The lowest BCUT2D eigenvalue weighted by molar-refractivity contribution is -0.126. The molecule has 0 bridgehead atoms. The Kier molecular flexibility index (Phi) is 6.88. The van der Waals surface area contributed by atoms with E-state index in [1.54, 1.807) is 12.1 Å². The number of nitrogens with one attached hydrogen (secondary N) is 1. The predicted molar refractivity (Wildman–Crippen MR) is 112 cm³/mol. The summed E-state index contributed by atoms with van der Waals surface area (Å²) in [6.07, 6.45) is 2.62. The highest BCUT2D eigenvalue weighted by molar-refractivity contribution is 7.92. The zero-order chi connectivity index (χ0) is 20.0. The van der Waals surface area contributed by atoms with Crippen molar-refractivity contribution >= 4 is 33.6 Å². The van der Waals surface area contributed by atoms with Gasteiger partial charge in [-0.15, -0.1) is 0 Å². The number of carbonyl (C=O) groups is 1. The number of halogens is 1. The molecule has 0 saturated carbocycles. The van der Waals surface area contributed by atoms with Crippen LogP contribution in [0, 0.1) is 5.92 Å². The van der Waals surface area contributed by atoms with Crippen LogP contribution in [0.3, 0.4) is 0 Å². The van der Waals surface area contributed by atoms with E-state index in [0.717, 1.165) is 11.1 Å². The van der Waals surface area contributed by atoms with Crippen LogP contribution in [0.4, 0.5) is 0 Å². The third-order valence-electron chi connectivity index (χ3n) is 4.77. The van der Waals surface area contributed by atoms with Crippen LogP contribution in [0.1, 0.15) is 24.0 Å². The number of piperidine rings is 1. The summed E-state index contributed by atoms with van der Waals surface area (Å²) in [6, 6.07) is 16.7. The Bertz CT molecular complexity index is 937. The predicted octanol–water partition coefficient (Wildman–Crippen LogP) is 3.67. The SMILES string of the molecule is O=C(NCc1cccc(Cl)c1)C1CCN(S(=O)(=O)C=Cc2ccccc2)CC1. The van der Waals surface area contributed by atoms with Crippen molar-refractivity contribution in [2.75, 3.05) is 13.1 Å². The number of benzene rings is 2. The van der Waals surface area contributed by atoms with E-state index in [2.05, 4.69) is 5.32 Å². The molecule has 0 aliphatic carbocycles. The molecule has 28 heavy (non-hydrogen) atoms. The molecule has 1 saturated heterocycles. The second-order valence-electron chi connectivity index (χ2n) is 6.78. The number of rotatable bonds is 6. The van der Waals surface area contributed by atoms with Crippen LogP contribution in [-0.4, -0.2) is 31.7 Å². The van der Waals surface area contributed by atoms with Crippen molar-refractivity contribution in [3.63, 3.8) is 0 Å². The number of sulfonamides is 1. The minimum Gasteiger partial charge on any atom is -0.352 e. The van der Waals surface area contributed by atoms with E-state index >= 15 is 0 Å². The summed E-state index contributed by atoms with van der Waals surface area (Å²) in [7, 11) is -3.48. The molecular weight excluding hydrogens is 396 g/mol. The molecule has 0 spiro atoms. The summed E-state index contributed by atoms with van der Waals surface area (Å²) in [4.78, 5) is 12.4. The first-order valence-electron chi connectivity index (χ1n) is 9.19. The van der Waals surface area contributed by atoms with Crippen LogP contribution < -0.4 is 5.32 Å². The molecule has 1 N–H and O–H groups in total. The highest BCUT2D eigenvalue weighted by Crippen LogP contribution is 2.21. The van der Waals surface area contributed by atoms with E-state index in [4.69, 9.17) is 11.6 Å². The molecule has 0 atom stereocenters. The monoisotopic (exact) mass is 418 g/mol. The van der Waals surface area contributed by atoms with Gasteiger partial charge in [-0.1, -0.05) is 54.1 Å². The molecule has 148 valence electrons. The fourth-order valence-corrected chi connectivity index (χ4v) is 4.60. The van der Waals surface area contributed by atoms with Gasteiger partial charge >= 0.3 is 0 Å². The van der Waals surface area contributed by atoms with Crippen molar-refractivity contribution in [1.29, 1.82) is 0 Å². The Morgan fingerprint density at radius 2 is 1.82 bits per heavy atom. The maximum Gasteiger partial charge on any atom is 0.236 e. The number of hydrogen-bond donors (Lipinski definition) is 1. The van der Waals surface area contributed by atoms with Crippen LogP contribution in [-0.2, 0) is 21.4 Å². The lowest BCUT2D eigenvalue weighted by atomic mass is 9.97. The van der Waals surface area contributed by atoms with E-state index in [9.17, 15) is 13.2 Å². The van der Waals surface area contributed by atoms with E-state index in [0.29, 0.717) is 37.5 Å². The molecule has 1 heterocycles. The summed E-state index contributed by atoms with van der Waals surface area (Å²) in [5, 5.41) is 4.79. The second-order valence-corrected chi connectivity index (χ2v) is 9.03. The molecular formula is C21H23ClN2O3S. The maximum absolute atomic E-state index is 12.5. The fraction of sp³-hybridized carbons (Fsp3) is 0.286. The minimum absolute atomic E-state index is 0.0446. The van der Waals surface area contributed by atoms with E-state index in [-0.39, 0.29) is 11.8 Å². The molecule has 1 amide bonds. The molecule has 0 aromatic heterocycles. The van der Waals surface area contributed by atoms with E-state index in [1.165, 1.54) is 9.71 Å². The normalized spacial score (nSPS) is 16.3. The Morgan fingerprint density at radius 3 is 2.50 bits per heavy atom. The molecule has 1 aliphatic rings. The number of amides is 1. The Hall–Kier alpha value is -2.15. The van der Waals surface area contributed by atoms with Crippen LogP contribution in [0.2, 0.25) is 5.02 Å². The largest absolute Gasteiger partial charge is 0.352 e. The van der Waals surface area contributed by atoms with E-state index in [1.807, 2.05) is 48.5 Å². The lowest BCUT2D eigenvalue weighted by Crippen LogP contribution is -2.42. The summed E-state index contributed by atoms with van der Waals surface area (Å²) in [5.74, 6) is -0.222. The average molecular weight is 419 g/mol. The highest BCUT2D eigenvalue weighted by Gasteiger charge is 2.29. The van der Waals surface area contributed by atoms with Gasteiger partial charge in [-0.25, -0.2) is 8.42 Å². The Balaban J connectivity index is 1.50. The zero-order valence-corrected chi connectivity index (χ0v) is 17.0. The van der Waals surface area contributed by atoms with Gasteiger partial charge in [0.2, 0.25) is 15.9 Å². The first-order valence-corrected chi connectivity index (χ1v) is 11.1. The molecule has 5 nitrogen and oxygen atoms in total. The Labute approximate surface area is 171 Å². The quantitative estimate of drug-likeness (QED) is 0.778. The third-order valence-corrected chi connectivity index (χ3v) is 6.57. The molecule has 0 radical (unpaired) electrons. The molecule has 3 rings (SSSR count). The van der Waals surface area contributed by atoms with E-state index < -0.39 is 10.0 Å². The maximum atomic E-state index is 12.5. The standard InChI is InChI=1S/C21H23ClN2O3S/c22-20-8-4-7-18(15-20)16-23-21(25)19-9-12-24(13-10-19)28(26,27)14-11-17-5-2-1-3-6-17/h1-8,11,14-15,19H,9-10,12-13,16H2,(H,23,25). The van der Waals surface area contributed by atoms with Gasteiger partial charge < -0.3 is 5.32 Å². The van der Waals surface area contributed by atoms with Crippen molar-refractivity contribution in [3.05, 3.63) is 76.2 Å². The van der Waals surface area contributed by atoms with Gasteiger partial charge in [0, 0.05) is 36.0 Å². The van der Waals surface area contributed by atoms with Crippen molar-refractivity contribution in [2.24, 2.45) is 5.92 Å². The fourth-order valence-electron chi connectivity index (χ4n) is 3.17. The molecule has 7 heteroatoms. The topological polar surface area (TPSA) is 66.5 Å². The minimum atomic E-state index is -3.48. The first kappa shape index (κ1) is 20.6. The van der Waals surface area contributed by atoms with Gasteiger partial charge in [0.1, 0.15) is 0 Å². The van der Waals surface area contributed by atoms with Gasteiger partial charge in [0.05, 0.1) is 0 Å². The van der Waals surface area contributed by atoms with Gasteiger partial charge in [-0.3, -0.25) is 4.79 Å². The smallest absolute Gasteiger partial charge is 0.236 e. The van der Waals surface area contributed by atoms with Crippen LogP contribution >= 0.6 is 11.6 Å². The molecule has 2 aromatic rings. The van der Waals surface area contributed by atoms with Crippen molar-refractivity contribution in [2.45, 2.75) is 19.4 Å². The summed E-state index contributed by atoms with van der Waals surface area (Å²) in [5.41, 5.74) is 1.77. The Morgan fingerprint density at radius 1 is 1.11 bits per heavy atom. The van der Waals surface area contributed by atoms with Gasteiger partial charge in [-0.2, -0.15) is 4.31 Å². The van der Waals surface area contributed by atoms with Gasteiger partial charge in [0.15, 0.2) is 0 Å². The summed E-state index contributed by atoms with van der Waals surface area (Å²) >= 11 is 5.95. The zero-order valence-electron chi connectivity index (χ0n) is 15.4. The number of hydrogen-bond acceptors (Lipinski definition) is 3. The van der Waals surface area contributed by atoms with Crippen LogP contribution in [0.25, 0.3) is 6.08 Å².